The normalized spacial score (nSPS) is 12.2. The van der Waals surface area contributed by atoms with E-state index in [-0.39, 0.29) is 28.3 Å². The van der Waals surface area contributed by atoms with E-state index in [0.717, 1.165) is 72.7 Å². The maximum atomic E-state index is 14.3. The number of ketones is 2. The van der Waals surface area contributed by atoms with Crippen molar-refractivity contribution in [1.29, 1.82) is 0 Å². The van der Waals surface area contributed by atoms with Crippen LogP contribution in [0.25, 0.3) is 0 Å². The molecule has 0 saturated heterocycles. The van der Waals surface area contributed by atoms with Gasteiger partial charge in [-0.1, -0.05) is 63.7 Å². The van der Waals surface area contributed by atoms with Crippen LogP contribution in [0.5, 0.6) is 23.0 Å². The van der Waals surface area contributed by atoms with E-state index in [2.05, 4.69) is 63.7 Å². The van der Waals surface area contributed by atoms with E-state index in [0.29, 0.717) is 55.0 Å². The van der Waals surface area contributed by atoms with Gasteiger partial charge in [-0.25, -0.2) is 0 Å². The van der Waals surface area contributed by atoms with E-state index in [1.54, 1.807) is 24.3 Å². The average Bonchev–Trinajstić information content (AvgIpc) is 2.97. The second-order valence-electron chi connectivity index (χ2n) is 9.26. The van der Waals surface area contributed by atoms with Crippen LogP contribution >= 0.6 is 63.7 Å². The number of halogens is 4. The Kier molecular flexibility index (Phi) is 15.4. The fourth-order valence-corrected chi connectivity index (χ4v) is 5.84. The van der Waals surface area contributed by atoms with Crippen molar-refractivity contribution in [2.75, 3.05) is 47.7 Å². The van der Waals surface area contributed by atoms with Gasteiger partial charge >= 0.3 is 0 Å². The van der Waals surface area contributed by atoms with Crippen molar-refractivity contribution in [3.63, 3.8) is 0 Å². The molecule has 0 aromatic heterocycles. The van der Waals surface area contributed by atoms with Gasteiger partial charge in [0.25, 0.3) is 0 Å². The van der Waals surface area contributed by atoms with E-state index in [4.69, 9.17) is 18.9 Å². The number of fused-ring (bicyclic) bond motifs is 2. The zero-order valence-corrected chi connectivity index (χ0v) is 28.9. The molecule has 40 heavy (non-hydrogen) atoms. The second kappa shape index (κ2) is 18.4. The van der Waals surface area contributed by atoms with Crippen LogP contribution in [-0.4, -0.2) is 59.3 Å². The SMILES string of the molecule is O=C1c2ccc(OCCCCBr)c(OCCCCBr)c2C(=O)c2c(OCCCCBr)ccc(OCCCCBr)c21. The van der Waals surface area contributed by atoms with Gasteiger partial charge in [0.2, 0.25) is 5.78 Å². The predicted molar refractivity (Wildman–Crippen MR) is 174 cm³/mol. The summed E-state index contributed by atoms with van der Waals surface area (Å²) < 4.78 is 24.4. The number of unbranched alkanes of at least 4 members (excludes halogenated alkanes) is 4. The topological polar surface area (TPSA) is 71.1 Å². The molecule has 0 heterocycles. The molecule has 0 spiro atoms. The fraction of sp³-hybridized carbons (Fsp3) is 0.533. The van der Waals surface area contributed by atoms with Gasteiger partial charge in [-0.15, -0.1) is 0 Å². The first kappa shape index (κ1) is 33.4. The molecular formula is C30H36Br4O6. The fourth-order valence-electron chi connectivity index (χ4n) is 4.26. The van der Waals surface area contributed by atoms with Gasteiger partial charge in [0.1, 0.15) is 11.5 Å². The lowest BCUT2D eigenvalue weighted by molar-refractivity contribution is 0.0967. The van der Waals surface area contributed by atoms with Gasteiger partial charge in [-0.05, 0) is 75.6 Å². The number of rotatable bonds is 20. The summed E-state index contributed by atoms with van der Waals surface area (Å²) in [5.74, 6) is 0.989. The van der Waals surface area contributed by atoms with Crippen LogP contribution in [0.15, 0.2) is 24.3 Å². The minimum atomic E-state index is -0.313. The molecule has 1 aliphatic carbocycles. The lowest BCUT2D eigenvalue weighted by Crippen LogP contribution is -2.24. The number of ether oxygens (including phenoxy) is 4. The van der Waals surface area contributed by atoms with Gasteiger partial charge in [0, 0.05) is 26.9 Å². The molecule has 10 heteroatoms. The van der Waals surface area contributed by atoms with Crippen LogP contribution in [0.2, 0.25) is 0 Å². The quantitative estimate of drug-likeness (QED) is 0.0841. The van der Waals surface area contributed by atoms with E-state index in [9.17, 15) is 9.59 Å². The summed E-state index contributed by atoms with van der Waals surface area (Å²) in [4.78, 5) is 28.3. The Morgan fingerprint density at radius 2 is 0.850 bits per heavy atom. The van der Waals surface area contributed by atoms with Crippen LogP contribution in [0.1, 0.15) is 83.2 Å². The monoisotopic (exact) mass is 808 g/mol. The van der Waals surface area contributed by atoms with Crippen LogP contribution < -0.4 is 18.9 Å². The summed E-state index contributed by atoms with van der Waals surface area (Å²) in [7, 11) is 0. The molecule has 0 amide bonds. The largest absolute Gasteiger partial charge is 0.493 e. The second-order valence-corrected chi connectivity index (χ2v) is 12.4. The molecule has 220 valence electrons. The summed E-state index contributed by atoms with van der Waals surface area (Å²) in [6.07, 6.45) is 7.06. The highest BCUT2D eigenvalue weighted by atomic mass is 79.9. The minimum Gasteiger partial charge on any atom is -0.493 e. The lowest BCUT2D eigenvalue weighted by Gasteiger charge is -2.25. The van der Waals surface area contributed by atoms with E-state index >= 15 is 0 Å². The molecule has 0 radical (unpaired) electrons. The lowest BCUT2D eigenvalue weighted by atomic mass is 9.82. The first-order valence-corrected chi connectivity index (χ1v) is 18.3. The molecule has 2 aromatic rings. The number of carbonyl (C=O) groups is 2. The molecule has 2 aromatic carbocycles. The third-order valence-corrected chi connectivity index (χ3v) is 8.55. The van der Waals surface area contributed by atoms with E-state index in [1.807, 2.05) is 0 Å². The summed E-state index contributed by atoms with van der Waals surface area (Å²) >= 11 is 13.8. The summed E-state index contributed by atoms with van der Waals surface area (Å²) in [5.41, 5.74) is 1.01. The van der Waals surface area contributed by atoms with Crippen LogP contribution in [0, 0.1) is 0 Å². The molecule has 0 atom stereocenters. The molecular weight excluding hydrogens is 776 g/mol. The molecule has 0 fully saturated rings. The van der Waals surface area contributed by atoms with Crippen molar-refractivity contribution in [3.05, 3.63) is 46.5 Å². The summed E-state index contributed by atoms with van der Waals surface area (Å²) in [6, 6.07) is 6.88. The maximum Gasteiger partial charge on any atom is 0.202 e. The third-order valence-electron chi connectivity index (χ3n) is 6.31. The molecule has 0 bridgehead atoms. The summed E-state index contributed by atoms with van der Waals surface area (Å²) in [5, 5.41) is 3.49. The van der Waals surface area contributed by atoms with Gasteiger partial charge < -0.3 is 18.9 Å². The number of hydrogen-bond donors (Lipinski definition) is 0. The van der Waals surface area contributed by atoms with Gasteiger partial charge in [-0.3, -0.25) is 9.59 Å². The highest BCUT2D eigenvalue weighted by Crippen LogP contribution is 2.44. The standard InChI is InChI=1S/C30H36Br4O6/c31-13-1-5-17-37-22-11-12-23(38-18-6-2-14-32)27-26(22)28(35)21-9-10-24(39-19-7-3-15-33)30(25(21)29(27)36)40-20-8-4-16-34/h9-12H,1-8,13-20H2. The third kappa shape index (κ3) is 8.95. The Bertz CT molecular complexity index is 1120. The van der Waals surface area contributed by atoms with Crippen molar-refractivity contribution in [1.82, 2.24) is 0 Å². The first-order chi connectivity index (χ1) is 19.6. The van der Waals surface area contributed by atoms with Gasteiger partial charge in [-0.2, -0.15) is 0 Å². The zero-order valence-electron chi connectivity index (χ0n) is 22.6. The van der Waals surface area contributed by atoms with Crippen molar-refractivity contribution in [2.24, 2.45) is 0 Å². The highest BCUT2D eigenvalue weighted by Gasteiger charge is 2.38. The van der Waals surface area contributed by atoms with Crippen LogP contribution in [0.4, 0.5) is 0 Å². The van der Waals surface area contributed by atoms with Crippen molar-refractivity contribution >= 4 is 75.3 Å². The Balaban J connectivity index is 2.05. The molecule has 0 N–H and O–H groups in total. The molecule has 1 aliphatic rings. The Morgan fingerprint density at radius 1 is 0.450 bits per heavy atom. The van der Waals surface area contributed by atoms with E-state index in [1.165, 1.54) is 0 Å². The average molecular weight is 812 g/mol. The smallest absolute Gasteiger partial charge is 0.202 e. The minimum absolute atomic E-state index is 0.232. The number of hydrogen-bond acceptors (Lipinski definition) is 6. The predicted octanol–water partition coefficient (Wildman–Crippen LogP) is 8.68. The molecule has 3 rings (SSSR count). The van der Waals surface area contributed by atoms with Crippen molar-refractivity contribution in [2.45, 2.75) is 51.4 Å². The highest BCUT2D eigenvalue weighted by molar-refractivity contribution is 9.09. The van der Waals surface area contributed by atoms with Gasteiger partial charge in [0.05, 0.1) is 43.1 Å². The zero-order chi connectivity index (χ0) is 28.7. The molecule has 0 aliphatic heterocycles. The summed E-state index contributed by atoms with van der Waals surface area (Å²) in [6.45, 7) is 1.77. The van der Waals surface area contributed by atoms with Crippen molar-refractivity contribution in [3.8, 4) is 23.0 Å². The maximum absolute atomic E-state index is 14.3. The number of alkyl halides is 4. The number of carbonyl (C=O) groups excluding carboxylic acids is 2. The van der Waals surface area contributed by atoms with Crippen molar-refractivity contribution < 1.29 is 28.5 Å². The Labute approximate surface area is 270 Å². The Morgan fingerprint density at radius 3 is 1.32 bits per heavy atom. The molecule has 0 unspecified atom stereocenters. The van der Waals surface area contributed by atoms with Crippen LogP contribution in [0.3, 0.4) is 0 Å². The Hall–Kier alpha value is -1.10. The number of benzene rings is 2. The first-order valence-electron chi connectivity index (χ1n) is 13.8. The van der Waals surface area contributed by atoms with Crippen LogP contribution in [-0.2, 0) is 0 Å². The molecule has 0 saturated carbocycles. The molecule has 6 nitrogen and oxygen atoms in total. The van der Waals surface area contributed by atoms with E-state index < -0.39 is 0 Å². The van der Waals surface area contributed by atoms with Gasteiger partial charge in [0.15, 0.2) is 17.3 Å².